The monoisotopic (exact) mass is 262 g/mol. The predicted octanol–water partition coefficient (Wildman–Crippen LogP) is 1.53. The van der Waals surface area contributed by atoms with E-state index < -0.39 is 0 Å². The molecule has 104 valence electrons. The number of hydrogen-bond donors (Lipinski definition) is 2. The first-order valence-corrected chi connectivity index (χ1v) is 7.21. The van der Waals surface area contributed by atoms with Crippen LogP contribution in [-0.4, -0.2) is 34.3 Å². The molecule has 0 amide bonds. The lowest BCUT2D eigenvalue weighted by Gasteiger charge is -2.34. The zero-order valence-corrected chi connectivity index (χ0v) is 11.4. The molecule has 1 aliphatic heterocycles. The Morgan fingerprint density at radius 2 is 1.95 bits per heavy atom. The van der Waals surface area contributed by atoms with Crippen LogP contribution in [0.15, 0.2) is 6.07 Å². The van der Waals surface area contributed by atoms with E-state index in [-0.39, 0.29) is 6.10 Å². The van der Waals surface area contributed by atoms with Crippen LogP contribution in [0.5, 0.6) is 0 Å². The summed E-state index contributed by atoms with van der Waals surface area (Å²) in [6, 6.07) is 1.87. The predicted molar refractivity (Wildman–Crippen MR) is 75.0 cm³/mol. The number of anilines is 2. The van der Waals surface area contributed by atoms with Gasteiger partial charge in [-0.05, 0) is 38.5 Å². The summed E-state index contributed by atoms with van der Waals surface area (Å²) in [5.41, 5.74) is 5.89. The number of rotatable bonds is 3. The number of aliphatic hydroxyl groups excluding tert-OH is 1. The Bertz CT molecular complexity index is 451. The molecule has 0 bridgehead atoms. The van der Waals surface area contributed by atoms with E-state index >= 15 is 0 Å². The smallest absolute Gasteiger partial charge is 0.136 e. The summed E-state index contributed by atoms with van der Waals surface area (Å²) >= 11 is 0. The molecule has 2 fully saturated rings. The summed E-state index contributed by atoms with van der Waals surface area (Å²) in [5.74, 6) is 3.38. The van der Waals surface area contributed by atoms with Gasteiger partial charge in [0.15, 0.2) is 0 Å². The molecular weight excluding hydrogens is 240 g/mol. The lowest BCUT2D eigenvalue weighted by molar-refractivity contribution is 0.110. The van der Waals surface area contributed by atoms with Gasteiger partial charge in [-0.25, -0.2) is 9.97 Å². The molecule has 1 aromatic rings. The van der Waals surface area contributed by atoms with E-state index in [9.17, 15) is 5.11 Å². The van der Waals surface area contributed by atoms with Gasteiger partial charge in [-0.3, -0.25) is 0 Å². The van der Waals surface area contributed by atoms with Gasteiger partial charge in [0.2, 0.25) is 0 Å². The Morgan fingerprint density at radius 3 is 2.53 bits per heavy atom. The molecule has 0 aromatic carbocycles. The first-order valence-electron chi connectivity index (χ1n) is 7.21. The van der Waals surface area contributed by atoms with Crippen molar-refractivity contribution in [2.24, 2.45) is 5.92 Å². The molecule has 1 saturated heterocycles. The number of nitrogens with two attached hydrogens (primary N) is 1. The maximum Gasteiger partial charge on any atom is 0.136 e. The maximum atomic E-state index is 9.64. The Kier molecular flexibility index (Phi) is 3.31. The van der Waals surface area contributed by atoms with E-state index in [1.165, 1.54) is 12.8 Å². The summed E-state index contributed by atoms with van der Waals surface area (Å²) in [6.45, 7) is 3.76. The van der Waals surface area contributed by atoms with Crippen LogP contribution in [0.1, 0.15) is 44.3 Å². The van der Waals surface area contributed by atoms with Crippen molar-refractivity contribution in [1.29, 1.82) is 0 Å². The molecule has 3 rings (SSSR count). The fourth-order valence-corrected chi connectivity index (χ4v) is 2.77. The molecule has 1 saturated carbocycles. The lowest BCUT2D eigenvalue weighted by Crippen LogP contribution is -2.37. The van der Waals surface area contributed by atoms with Crippen LogP contribution in [0.3, 0.4) is 0 Å². The van der Waals surface area contributed by atoms with E-state index in [0.717, 1.165) is 37.6 Å². The highest BCUT2D eigenvalue weighted by molar-refractivity contribution is 5.48. The van der Waals surface area contributed by atoms with Crippen molar-refractivity contribution >= 4 is 11.6 Å². The van der Waals surface area contributed by atoms with Gasteiger partial charge in [0.1, 0.15) is 17.5 Å². The van der Waals surface area contributed by atoms with Crippen LogP contribution in [0, 0.1) is 5.92 Å². The molecule has 1 atom stereocenters. The first kappa shape index (κ1) is 12.7. The maximum absolute atomic E-state index is 9.64. The molecule has 5 nitrogen and oxygen atoms in total. The Labute approximate surface area is 113 Å². The molecule has 0 radical (unpaired) electrons. The summed E-state index contributed by atoms with van der Waals surface area (Å²) in [7, 11) is 0. The van der Waals surface area contributed by atoms with Crippen LogP contribution >= 0.6 is 0 Å². The molecule has 2 aliphatic rings. The summed E-state index contributed by atoms with van der Waals surface area (Å²) in [4.78, 5) is 11.3. The molecule has 3 N–H and O–H groups in total. The van der Waals surface area contributed by atoms with Crippen LogP contribution in [-0.2, 0) is 0 Å². The number of nitrogens with zero attached hydrogens (tertiary/aromatic N) is 3. The van der Waals surface area contributed by atoms with Gasteiger partial charge >= 0.3 is 0 Å². The van der Waals surface area contributed by atoms with Crippen molar-refractivity contribution < 1.29 is 5.11 Å². The van der Waals surface area contributed by atoms with Gasteiger partial charge in [0, 0.05) is 25.1 Å². The van der Waals surface area contributed by atoms with E-state index in [2.05, 4.69) is 14.9 Å². The number of hydrogen-bond acceptors (Lipinski definition) is 5. The van der Waals surface area contributed by atoms with Crippen molar-refractivity contribution in [1.82, 2.24) is 9.97 Å². The zero-order chi connectivity index (χ0) is 13.4. The summed E-state index contributed by atoms with van der Waals surface area (Å²) in [5, 5.41) is 9.64. The Balaban J connectivity index is 1.72. The van der Waals surface area contributed by atoms with Crippen LogP contribution in [0.4, 0.5) is 11.6 Å². The number of aliphatic hydroxyl groups is 1. The summed E-state index contributed by atoms with van der Waals surface area (Å²) in [6.07, 6.45) is 4.19. The molecule has 5 heteroatoms. The van der Waals surface area contributed by atoms with Crippen molar-refractivity contribution in [3.05, 3.63) is 11.9 Å². The molecule has 2 heterocycles. The molecular formula is C14H22N4O. The van der Waals surface area contributed by atoms with Gasteiger partial charge in [0.25, 0.3) is 0 Å². The topological polar surface area (TPSA) is 75.3 Å². The minimum Gasteiger partial charge on any atom is -0.393 e. The second-order valence-corrected chi connectivity index (χ2v) is 5.85. The van der Waals surface area contributed by atoms with E-state index in [4.69, 9.17) is 5.73 Å². The van der Waals surface area contributed by atoms with E-state index in [1.54, 1.807) is 0 Å². The highest BCUT2D eigenvalue weighted by Crippen LogP contribution is 2.39. The summed E-state index contributed by atoms with van der Waals surface area (Å²) < 4.78 is 0. The fourth-order valence-electron chi connectivity index (χ4n) is 2.77. The quantitative estimate of drug-likeness (QED) is 0.864. The molecule has 19 heavy (non-hydrogen) atoms. The SMILES string of the molecule is CC(O)C1CCN(c2cc(N)nc(C3CC3)n2)CC1. The third kappa shape index (κ3) is 2.81. The molecule has 0 spiro atoms. The standard InChI is InChI=1S/C14H22N4O/c1-9(19)10-4-6-18(7-5-10)13-8-12(15)16-14(17-13)11-2-3-11/h8-11,19H,2-7H2,1H3,(H2,15,16,17). The Hall–Kier alpha value is -1.36. The van der Waals surface area contributed by atoms with Crippen molar-refractivity contribution in [3.8, 4) is 0 Å². The van der Waals surface area contributed by atoms with Crippen LogP contribution < -0.4 is 10.6 Å². The largest absolute Gasteiger partial charge is 0.393 e. The number of piperidine rings is 1. The average Bonchev–Trinajstić information content (AvgIpc) is 3.22. The van der Waals surface area contributed by atoms with Crippen molar-refractivity contribution in [2.75, 3.05) is 23.7 Å². The van der Waals surface area contributed by atoms with Crippen molar-refractivity contribution in [2.45, 2.75) is 44.6 Å². The van der Waals surface area contributed by atoms with E-state index in [0.29, 0.717) is 17.7 Å². The normalized spacial score (nSPS) is 22.5. The van der Waals surface area contributed by atoms with E-state index in [1.807, 2.05) is 13.0 Å². The highest BCUT2D eigenvalue weighted by atomic mass is 16.3. The van der Waals surface area contributed by atoms with Gasteiger partial charge in [-0.2, -0.15) is 0 Å². The number of aromatic nitrogens is 2. The third-order valence-electron chi connectivity index (χ3n) is 4.24. The van der Waals surface area contributed by atoms with Crippen LogP contribution in [0.2, 0.25) is 0 Å². The van der Waals surface area contributed by atoms with Gasteiger partial charge < -0.3 is 15.7 Å². The van der Waals surface area contributed by atoms with Gasteiger partial charge in [0.05, 0.1) is 6.10 Å². The zero-order valence-electron chi connectivity index (χ0n) is 11.4. The molecule has 1 aliphatic carbocycles. The minimum absolute atomic E-state index is 0.209. The minimum atomic E-state index is -0.209. The average molecular weight is 262 g/mol. The second-order valence-electron chi connectivity index (χ2n) is 5.85. The Morgan fingerprint density at radius 1 is 1.26 bits per heavy atom. The van der Waals surface area contributed by atoms with Gasteiger partial charge in [-0.1, -0.05) is 0 Å². The molecule has 1 aromatic heterocycles. The number of nitrogen functional groups attached to an aromatic ring is 1. The van der Waals surface area contributed by atoms with Gasteiger partial charge in [-0.15, -0.1) is 0 Å². The van der Waals surface area contributed by atoms with Crippen LogP contribution in [0.25, 0.3) is 0 Å². The lowest BCUT2D eigenvalue weighted by atomic mass is 9.92. The first-order chi connectivity index (χ1) is 9.13. The second kappa shape index (κ2) is 4.96. The third-order valence-corrected chi connectivity index (χ3v) is 4.24. The fraction of sp³-hybridized carbons (Fsp3) is 0.714. The highest BCUT2D eigenvalue weighted by Gasteiger charge is 2.29. The molecule has 1 unspecified atom stereocenters. The van der Waals surface area contributed by atoms with Crippen molar-refractivity contribution in [3.63, 3.8) is 0 Å².